The molecule has 19 heavy (non-hydrogen) atoms. The number of carbonyl (C=O) groups is 2. The fraction of sp³-hybridized carbons (Fsp3) is 0.429. The first-order valence-corrected chi connectivity index (χ1v) is 6.31. The lowest BCUT2D eigenvalue weighted by molar-refractivity contribution is 0.0696. The number of carboxylic acids is 1. The largest absolute Gasteiger partial charge is 0.478 e. The average Bonchev–Trinajstić information content (AvgIpc) is 2.46. The molecule has 5 heteroatoms. The van der Waals surface area contributed by atoms with Crippen LogP contribution in [0.5, 0.6) is 0 Å². The van der Waals surface area contributed by atoms with Gasteiger partial charge in [0, 0.05) is 6.54 Å². The van der Waals surface area contributed by atoms with Gasteiger partial charge in [0.2, 0.25) is 0 Å². The number of carboxylic acid groups (broad SMARTS) is 1. The van der Waals surface area contributed by atoms with E-state index in [2.05, 4.69) is 0 Å². The van der Waals surface area contributed by atoms with E-state index in [1.165, 1.54) is 7.11 Å². The number of amides is 1. The molecule has 1 fully saturated rings. The van der Waals surface area contributed by atoms with Gasteiger partial charge in [-0.1, -0.05) is 12.1 Å². The van der Waals surface area contributed by atoms with Crippen molar-refractivity contribution >= 4 is 12.1 Å². The molecular weight excluding hydrogens is 246 g/mol. The summed E-state index contributed by atoms with van der Waals surface area (Å²) in [5.41, 5.74) is 1.21. The Bertz CT molecular complexity index is 469. The van der Waals surface area contributed by atoms with Crippen LogP contribution >= 0.6 is 0 Å². The van der Waals surface area contributed by atoms with Crippen molar-refractivity contribution in [1.29, 1.82) is 0 Å². The molecule has 1 unspecified atom stereocenters. The van der Waals surface area contributed by atoms with Gasteiger partial charge in [-0.15, -0.1) is 0 Å². The van der Waals surface area contributed by atoms with Crippen molar-refractivity contribution in [2.45, 2.75) is 25.3 Å². The van der Waals surface area contributed by atoms with E-state index in [0.29, 0.717) is 6.54 Å². The first-order valence-electron chi connectivity index (χ1n) is 6.31. The Labute approximate surface area is 111 Å². The highest BCUT2D eigenvalue weighted by atomic mass is 16.5. The predicted molar refractivity (Wildman–Crippen MR) is 69.1 cm³/mol. The van der Waals surface area contributed by atoms with E-state index in [9.17, 15) is 9.59 Å². The third-order valence-corrected chi connectivity index (χ3v) is 3.45. The van der Waals surface area contributed by atoms with E-state index >= 15 is 0 Å². The summed E-state index contributed by atoms with van der Waals surface area (Å²) in [5.74, 6) is -0.944. The second-order valence-corrected chi connectivity index (χ2v) is 4.60. The Morgan fingerprint density at radius 2 is 1.95 bits per heavy atom. The molecule has 0 bridgehead atoms. The maximum absolute atomic E-state index is 11.7. The summed E-state index contributed by atoms with van der Waals surface area (Å²) >= 11 is 0. The average molecular weight is 263 g/mol. The minimum atomic E-state index is -0.944. The maximum Gasteiger partial charge on any atom is 0.409 e. The van der Waals surface area contributed by atoms with Crippen molar-refractivity contribution in [3.8, 4) is 0 Å². The van der Waals surface area contributed by atoms with Crippen LogP contribution in [0.3, 0.4) is 0 Å². The third kappa shape index (κ3) is 2.86. The van der Waals surface area contributed by atoms with E-state index in [4.69, 9.17) is 9.84 Å². The molecule has 1 saturated heterocycles. The van der Waals surface area contributed by atoms with Crippen LogP contribution in [-0.4, -0.2) is 35.7 Å². The number of ether oxygens (including phenoxy) is 1. The highest BCUT2D eigenvalue weighted by molar-refractivity contribution is 5.87. The summed E-state index contributed by atoms with van der Waals surface area (Å²) in [6.45, 7) is 0.679. The maximum atomic E-state index is 11.7. The molecule has 1 N–H and O–H groups in total. The van der Waals surface area contributed by atoms with Crippen molar-refractivity contribution in [2.75, 3.05) is 13.7 Å². The van der Waals surface area contributed by atoms with E-state index in [1.54, 1.807) is 29.2 Å². The van der Waals surface area contributed by atoms with Gasteiger partial charge >= 0.3 is 12.1 Å². The van der Waals surface area contributed by atoms with Gasteiger partial charge in [-0.3, -0.25) is 0 Å². The summed E-state index contributed by atoms with van der Waals surface area (Å²) in [4.78, 5) is 24.3. The molecule has 1 heterocycles. The minimum Gasteiger partial charge on any atom is -0.478 e. The number of likely N-dealkylation sites (tertiary alicyclic amines) is 1. The Morgan fingerprint density at radius 1 is 1.26 bits per heavy atom. The molecule has 1 amide bonds. The number of hydrogen-bond donors (Lipinski definition) is 1. The lowest BCUT2D eigenvalue weighted by Crippen LogP contribution is -2.38. The van der Waals surface area contributed by atoms with Crippen LogP contribution in [0.1, 0.15) is 41.2 Å². The minimum absolute atomic E-state index is 0.0240. The van der Waals surface area contributed by atoms with Crippen molar-refractivity contribution < 1.29 is 19.4 Å². The van der Waals surface area contributed by atoms with Crippen LogP contribution in [0, 0.1) is 0 Å². The number of benzene rings is 1. The van der Waals surface area contributed by atoms with Gasteiger partial charge in [-0.05, 0) is 37.0 Å². The van der Waals surface area contributed by atoms with E-state index in [0.717, 1.165) is 24.8 Å². The zero-order valence-corrected chi connectivity index (χ0v) is 10.8. The monoisotopic (exact) mass is 263 g/mol. The predicted octanol–water partition coefficient (Wildman–Crippen LogP) is 2.68. The summed E-state index contributed by atoms with van der Waals surface area (Å²) < 4.78 is 4.80. The molecule has 102 valence electrons. The molecule has 1 atom stereocenters. The number of methoxy groups -OCH3 is 1. The van der Waals surface area contributed by atoms with Crippen molar-refractivity contribution in [1.82, 2.24) is 4.90 Å². The summed E-state index contributed by atoms with van der Waals surface area (Å²) in [6.07, 6.45) is 2.58. The van der Waals surface area contributed by atoms with Crippen molar-refractivity contribution in [3.63, 3.8) is 0 Å². The van der Waals surface area contributed by atoms with Crippen LogP contribution in [-0.2, 0) is 4.74 Å². The Kier molecular flexibility index (Phi) is 4.04. The van der Waals surface area contributed by atoms with Crippen molar-refractivity contribution in [2.24, 2.45) is 0 Å². The van der Waals surface area contributed by atoms with E-state index in [1.807, 2.05) is 0 Å². The standard InChI is InChI=1S/C14H17NO4/c1-19-14(18)15-9-3-2-4-12(15)10-5-7-11(8-6-10)13(16)17/h5-8,12H,2-4,9H2,1H3,(H,16,17). The summed E-state index contributed by atoms with van der Waals surface area (Å²) in [7, 11) is 1.38. The number of nitrogens with zero attached hydrogens (tertiary/aromatic N) is 1. The Hall–Kier alpha value is -2.04. The van der Waals surface area contributed by atoms with Gasteiger partial charge in [-0.25, -0.2) is 9.59 Å². The normalized spacial score (nSPS) is 19.0. The number of carbonyl (C=O) groups excluding carboxylic acids is 1. The molecule has 0 radical (unpaired) electrons. The fourth-order valence-corrected chi connectivity index (χ4v) is 2.46. The number of piperidine rings is 1. The van der Waals surface area contributed by atoms with Crippen LogP contribution in [0.25, 0.3) is 0 Å². The lowest BCUT2D eigenvalue weighted by atomic mass is 9.95. The van der Waals surface area contributed by atoms with Crippen molar-refractivity contribution in [3.05, 3.63) is 35.4 Å². The SMILES string of the molecule is COC(=O)N1CCCCC1c1ccc(C(=O)O)cc1. The second kappa shape index (κ2) is 5.73. The molecule has 1 aliphatic heterocycles. The topological polar surface area (TPSA) is 66.8 Å². The molecule has 0 aromatic heterocycles. The number of aromatic carboxylic acids is 1. The van der Waals surface area contributed by atoms with Gasteiger partial charge in [0.15, 0.2) is 0 Å². The Balaban J connectivity index is 2.22. The Morgan fingerprint density at radius 3 is 2.53 bits per heavy atom. The van der Waals surface area contributed by atoms with E-state index in [-0.39, 0.29) is 17.7 Å². The molecule has 2 rings (SSSR count). The fourth-order valence-electron chi connectivity index (χ4n) is 2.46. The zero-order chi connectivity index (χ0) is 13.8. The van der Waals surface area contributed by atoms with Gasteiger partial charge in [0.05, 0.1) is 18.7 Å². The highest BCUT2D eigenvalue weighted by Crippen LogP contribution is 2.31. The molecule has 0 spiro atoms. The van der Waals surface area contributed by atoms with Gasteiger partial charge < -0.3 is 14.7 Å². The van der Waals surface area contributed by atoms with Crippen LogP contribution < -0.4 is 0 Å². The lowest BCUT2D eigenvalue weighted by Gasteiger charge is -2.34. The summed E-state index contributed by atoms with van der Waals surface area (Å²) in [5, 5.41) is 8.88. The smallest absolute Gasteiger partial charge is 0.409 e. The first-order chi connectivity index (χ1) is 9.13. The molecule has 0 aliphatic carbocycles. The molecular formula is C14H17NO4. The highest BCUT2D eigenvalue weighted by Gasteiger charge is 2.28. The van der Waals surface area contributed by atoms with Crippen LogP contribution in [0.4, 0.5) is 4.79 Å². The first kappa shape index (κ1) is 13.4. The third-order valence-electron chi connectivity index (χ3n) is 3.45. The van der Waals surface area contributed by atoms with E-state index < -0.39 is 5.97 Å². The van der Waals surface area contributed by atoms with Crippen LogP contribution in [0.2, 0.25) is 0 Å². The molecule has 1 aromatic carbocycles. The molecule has 1 aliphatic rings. The summed E-state index contributed by atoms with van der Waals surface area (Å²) in [6, 6.07) is 6.66. The second-order valence-electron chi connectivity index (χ2n) is 4.60. The molecule has 0 saturated carbocycles. The van der Waals surface area contributed by atoms with Gasteiger partial charge in [-0.2, -0.15) is 0 Å². The molecule has 1 aromatic rings. The number of rotatable bonds is 2. The van der Waals surface area contributed by atoms with Crippen LogP contribution in [0.15, 0.2) is 24.3 Å². The van der Waals surface area contributed by atoms with Gasteiger partial charge in [0.1, 0.15) is 0 Å². The molecule has 5 nitrogen and oxygen atoms in total. The van der Waals surface area contributed by atoms with Gasteiger partial charge in [0.25, 0.3) is 0 Å². The quantitative estimate of drug-likeness (QED) is 0.890. The zero-order valence-electron chi connectivity index (χ0n) is 10.8. The number of hydrogen-bond acceptors (Lipinski definition) is 3.